The first kappa shape index (κ1) is 15.5. The molecule has 0 saturated carbocycles. The third-order valence-electron chi connectivity index (χ3n) is 2.79. The highest BCUT2D eigenvalue weighted by molar-refractivity contribution is 9.10. The first-order chi connectivity index (χ1) is 8.76. The SMILES string of the molecule is CCNCCN(CC)CCOc1ccc(Br)cc1. The highest BCUT2D eigenvalue weighted by Gasteiger charge is 2.02. The van der Waals surface area contributed by atoms with Gasteiger partial charge in [-0.2, -0.15) is 0 Å². The molecular weight excluding hydrogens is 292 g/mol. The fourth-order valence-electron chi connectivity index (χ4n) is 1.67. The van der Waals surface area contributed by atoms with Crippen molar-refractivity contribution in [2.45, 2.75) is 13.8 Å². The average molecular weight is 315 g/mol. The highest BCUT2D eigenvalue weighted by Crippen LogP contribution is 2.15. The van der Waals surface area contributed by atoms with Crippen molar-refractivity contribution in [2.24, 2.45) is 0 Å². The Hall–Kier alpha value is -0.580. The molecule has 18 heavy (non-hydrogen) atoms. The van der Waals surface area contributed by atoms with Crippen LogP contribution in [0.25, 0.3) is 0 Å². The molecule has 0 fully saturated rings. The lowest BCUT2D eigenvalue weighted by Gasteiger charge is -2.20. The van der Waals surface area contributed by atoms with E-state index in [1.807, 2.05) is 24.3 Å². The van der Waals surface area contributed by atoms with Crippen LogP contribution < -0.4 is 10.1 Å². The van der Waals surface area contributed by atoms with Crippen LogP contribution in [0.4, 0.5) is 0 Å². The molecule has 0 atom stereocenters. The van der Waals surface area contributed by atoms with Crippen LogP contribution in [0.3, 0.4) is 0 Å². The van der Waals surface area contributed by atoms with Crippen LogP contribution in [0.5, 0.6) is 5.75 Å². The van der Waals surface area contributed by atoms with Crippen molar-refractivity contribution in [3.05, 3.63) is 28.7 Å². The number of halogens is 1. The van der Waals surface area contributed by atoms with Gasteiger partial charge in [-0.05, 0) is 37.4 Å². The van der Waals surface area contributed by atoms with Gasteiger partial charge in [0.05, 0.1) is 0 Å². The summed E-state index contributed by atoms with van der Waals surface area (Å²) in [4.78, 5) is 2.39. The van der Waals surface area contributed by atoms with Crippen molar-refractivity contribution in [3.8, 4) is 5.75 Å². The number of nitrogens with zero attached hydrogens (tertiary/aromatic N) is 1. The molecule has 1 N–H and O–H groups in total. The first-order valence-electron chi connectivity index (χ1n) is 6.57. The van der Waals surface area contributed by atoms with Crippen molar-refractivity contribution < 1.29 is 4.74 Å². The van der Waals surface area contributed by atoms with Crippen LogP contribution in [0.2, 0.25) is 0 Å². The van der Waals surface area contributed by atoms with Crippen molar-refractivity contribution in [1.29, 1.82) is 0 Å². The number of hydrogen-bond donors (Lipinski definition) is 1. The molecule has 4 heteroatoms. The summed E-state index contributed by atoms with van der Waals surface area (Å²) in [6, 6.07) is 7.97. The van der Waals surface area contributed by atoms with Gasteiger partial charge in [0.1, 0.15) is 12.4 Å². The van der Waals surface area contributed by atoms with E-state index in [0.29, 0.717) is 0 Å². The van der Waals surface area contributed by atoms with E-state index in [-0.39, 0.29) is 0 Å². The minimum atomic E-state index is 0.738. The maximum absolute atomic E-state index is 5.72. The standard InChI is InChI=1S/C14H23BrN2O/c1-3-16-9-10-17(4-2)11-12-18-14-7-5-13(15)6-8-14/h5-8,16H,3-4,9-12H2,1-2H3. The molecule has 3 nitrogen and oxygen atoms in total. The molecule has 0 unspecified atom stereocenters. The summed E-state index contributed by atoms with van der Waals surface area (Å²) >= 11 is 3.41. The third-order valence-corrected chi connectivity index (χ3v) is 3.32. The summed E-state index contributed by atoms with van der Waals surface area (Å²) in [6.07, 6.45) is 0. The Morgan fingerprint density at radius 1 is 1.17 bits per heavy atom. The van der Waals surface area contributed by atoms with E-state index in [0.717, 1.165) is 49.6 Å². The monoisotopic (exact) mass is 314 g/mol. The molecule has 1 rings (SSSR count). The van der Waals surface area contributed by atoms with Crippen molar-refractivity contribution in [3.63, 3.8) is 0 Å². The third kappa shape index (κ3) is 6.38. The molecule has 1 aromatic carbocycles. The summed E-state index contributed by atoms with van der Waals surface area (Å²) in [6.45, 7) is 10.2. The van der Waals surface area contributed by atoms with Crippen LogP contribution in [-0.2, 0) is 0 Å². The van der Waals surface area contributed by atoms with Gasteiger partial charge in [0.15, 0.2) is 0 Å². The number of hydrogen-bond acceptors (Lipinski definition) is 3. The van der Waals surface area contributed by atoms with Gasteiger partial charge in [0.2, 0.25) is 0 Å². The van der Waals surface area contributed by atoms with E-state index in [1.165, 1.54) is 0 Å². The van der Waals surface area contributed by atoms with Gasteiger partial charge >= 0.3 is 0 Å². The summed E-state index contributed by atoms with van der Waals surface area (Å²) in [5, 5.41) is 3.34. The maximum Gasteiger partial charge on any atom is 0.119 e. The lowest BCUT2D eigenvalue weighted by atomic mass is 10.3. The molecule has 0 aliphatic rings. The highest BCUT2D eigenvalue weighted by atomic mass is 79.9. The number of rotatable bonds is 9. The van der Waals surface area contributed by atoms with Gasteiger partial charge in [0, 0.05) is 24.1 Å². The molecule has 102 valence electrons. The molecule has 0 spiro atoms. The van der Waals surface area contributed by atoms with Crippen LogP contribution in [0, 0.1) is 0 Å². The molecule has 0 saturated heterocycles. The Bertz CT molecular complexity index is 316. The lowest BCUT2D eigenvalue weighted by molar-refractivity contribution is 0.216. The normalized spacial score (nSPS) is 10.9. The Morgan fingerprint density at radius 3 is 2.50 bits per heavy atom. The van der Waals surface area contributed by atoms with E-state index < -0.39 is 0 Å². The van der Waals surface area contributed by atoms with Crippen LogP contribution in [0.15, 0.2) is 28.7 Å². The van der Waals surface area contributed by atoms with Crippen molar-refractivity contribution >= 4 is 15.9 Å². The maximum atomic E-state index is 5.72. The summed E-state index contributed by atoms with van der Waals surface area (Å²) in [7, 11) is 0. The number of nitrogens with one attached hydrogen (secondary N) is 1. The lowest BCUT2D eigenvalue weighted by Crippen LogP contribution is -2.34. The van der Waals surface area contributed by atoms with E-state index in [2.05, 4.69) is 40.0 Å². The van der Waals surface area contributed by atoms with Gasteiger partial charge in [-0.1, -0.05) is 29.8 Å². The Kier molecular flexibility index (Phi) is 8.05. The van der Waals surface area contributed by atoms with Gasteiger partial charge in [-0.15, -0.1) is 0 Å². The average Bonchev–Trinajstić information content (AvgIpc) is 2.39. The molecule has 0 bridgehead atoms. The van der Waals surface area contributed by atoms with Gasteiger partial charge in [0.25, 0.3) is 0 Å². The van der Waals surface area contributed by atoms with Crippen molar-refractivity contribution in [1.82, 2.24) is 10.2 Å². The van der Waals surface area contributed by atoms with Gasteiger partial charge in [-0.3, -0.25) is 4.90 Å². The van der Waals surface area contributed by atoms with Crippen molar-refractivity contribution in [2.75, 3.05) is 39.3 Å². The molecule has 0 heterocycles. The Balaban J connectivity index is 2.20. The first-order valence-corrected chi connectivity index (χ1v) is 7.37. The van der Waals surface area contributed by atoms with E-state index >= 15 is 0 Å². The molecule has 0 radical (unpaired) electrons. The summed E-state index contributed by atoms with van der Waals surface area (Å²) in [5.41, 5.74) is 0. The molecule has 1 aromatic rings. The number of likely N-dealkylation sites (N-methyl/N-ethyl adjacent to an activating group) is 2. The molecule has 0 amide bonds. The zero-order valence-electron chi connectivity index (χ0n) is 11.3. The van der Waals surface area contributed by atoms with Crippen LogP contribution >= 0.6 is 15.9 Å². The second kappa shape index (κ2) is 9.36. The fourth-order valence-corrected chi connectivity index (χ4v) is 1.93. The topological polar surface area (TPSA) is 24.5 Å². The molecule has 0 aliphatic heterocycles. The minimum absolute atomic E-state index is 0.738. The zero-order chi connectivity index (χ0) is 13.2. The van der Waals surface area contributed by atoms with Gasteiger partial charge in [-0.25, -0.2) is 0 Å². The molecule has 0 aromatic heterocycles. The van der Waals surface area contributed by atoms with Crippen LogP contribution in [-0.4, -0.2) is 44.2 Å². The molecule has 0 aliphatic carbocycles. The minimum Gasteiger partial charge on any atom is -0.492 e. The largest absolute Gasteiger partial charge is 0.492 e. The van der Waals surface area contributed by atoms with E-state index in [1.54, 1.807) is 0 Å². The van der Waals surface area contributed by atoms with E-state index in [9.17, 15) is 0 Å². The quantitative estimate of drug-likeness (QED) is 0.709. The number of benzene rings is 1. The Morgan fingerprint density at radius 2 is 1.89 bits per heavy atom. The predicted octanol–water partition coefficient (Wildman–Crippen LogP) is 2.76. The van der Waals surface area contributed by atoms with Crippen LogP contribution in [0.1, 0.15) is 13.8 Å². The summed E-state index contributed by atoms with van der Waals surface area (Å²) in [5.74, 6) is 0.931. The zero-order valence-corrected chi connectivity index (χ0v) is 12.9. The molecular formula is C14H23BrN2O. The fraction of sp³-hybridized carbons (Fsp3) is 0.571. The number of ether oxygens (including phenoxy) is 1. The van der Waals surface area contributed by atoms with Gasteiger partial charge < -0.3 is 10.1 Å². The Labute approximate surface area is 119 Å². The van der Waals surface area contributed by atoms with E-state index in [4.69, 9.17) is 4.74 Å². The predicted molar refractivity (Wildman–Crippen MR) is 80.3 cm³/mol. The summed E-state index contributed by atoms with van der Waals surface area (Å²) < 4.78 is 6.80. The second-order valence-electron chi connectivity index (χ2n) is 4.09. The smallest absolute Gasteiger partial charge is 0.119 e. The second-order valence-corrected chi connectivity index (χ2v) is 5.01.